The van der Waals surface area contributed by atoms with Gasteiger partial charge in [-0.25, -0.2) is 0 Å². The molecule has 1 aromatic carbocycles. The first-order valence-electron chi connectivity index (χ1n) is 7.24. The predicted molar refractivity (Wildman–Crippen MR) is 82.9 cm³/mol. The third-order valence-electron chi connectivity index (χ3n) is 3.85. The van der Waals surface area contributed by atoms with Gasteiger partial charge in [0.05, 0.1) is 6.04 Å². The molecule has 0 bridgehead atoms. The molecule has 0 aromatic heterocycles. The van der Waals surface area contributed by atoms with Crippen LogP contribution in [-0.2, 0) is 11.3 Å². The van der Waals surface area contributed by atoms with Crippen molar-refractivity contribution in [1.82, 2.24) is 10.2 Å². The molecule has 0 radical (unpaired) electrons. The highest BCUT2D eigenvalue weighted by molar-refractivity contribution is 5.81. The molecular weight excluding hydrogens is 250 g/mol. The average Bonchev–Trinajstić information content (AvgIpc) is 3.22. The van der Waals surface area contributed by atoms with Crippen LogP contribution < -0.4 is 10.2 Å². The first-order chi connectivity index (χ1) is 9.47. The Hall–Kier alpha value is -1.55. The standard InChI is InChI=1S/C16H25N3O/c1-12(16(20)17-14-7-8-14)19(4)11-13-5-9-15(10-6-13)18(2)3/h5-6,9-10,12,14H,7-8,11H2,1-4H3,(H,17,20)/t12-/m0/s1. The van der Waals surface area contributed by atoms with Crippen molar-refractivity contribution in [1.29, 1.82) is 0 Å². The molecule has 4 heteroatoms. The quantitative estimate of drug-likeness (QED) is 0.860. The van der Waals surface area contributed by atoms with E-state index in [4.69, 9.17) is 0 Å². The van der Waals surface area contributed by atoms with Crippen LogP contribution in [0.3, 0.4) is 0 Å². The van der Waals surface area contributed by atoms with E-state index in [1.165, 1.54) is 11.3 Å². The first-order valence-corrected chi connectivity index (χ1v) is 7.24. The number of rotatable bonds is 6. The predicted octanol–water partition coefficient (Wildman–Crippen LogP) is 1.85. The zero-order valence-corrected chi connectivity index (χ0v) is 12.9. The van der Waals surface area contributed by atoms with Crippen LogP contribution in [0.15, 0.2) is 24.3 Å². The van der Waals surface area contributed by atoms with Crippen LogP contribution in [-0.4, -0.2) is 44.0 Å². The lowest BCUT2D eigenvalue weighted by molar-refractivity contribution is -0.125. The molecule has 1 fully saturated rings. The normalized spacial score (nSPS) is 16.1. The third kappa shape index (κ3) is 3.97. The summed E-state index contributed by atoms with van der Waals surface area (Å²) in [5, 5.41) is 3.06. The molecule has 0 heterocycles. The van der Waals surface area contributed by atoms with Crippen LogP contribution in [0.4, 0.5) is 5.69 Å². The molecule has 0 aliphatic heterocycles. The average molecular weight is 275 g/mol. The topological polar surface area (TPSA) is 35.6 Å². The van der Waals surface area contributed by atoms with Crippen molar-refractivity contribution in [3.63, 3.8) is 0 Å². The number of carbonyl (C=O) groups is 1. The molecule has 2 rings (SSSR count). The van der Waals surface area contributed by atoms with Gasteiger partial charge in [0.2, 0.25) is 5.91 Å². The van der Waals surface area contributed by atoms with E-state index >= 15 is 0 Å². The van der Waals surface area contributed by atoms with Crippen LogP contribution in [0, 0.1) is 0 Å². The Kier molecular flexibility index (Phi) is 4.65. The van der Waals surface area contributed by atoms with Gasteiger partial charge in [-0.15, -0.1) is 0 Å². The van der Waals surface area contributed by atoms with E-state index in [9.17, 15) is 4.79 Å². The van der Waals surface area contributed by atoms with E-state index in [0.29, 0.717) is 6.04 Å². The van der Waals surface area contributed by atoms with Gasteiger partial charge >= 0.3 is 0 Å². The Morgan fingerprint density at radius 3 is 2.35 bits per heavy atom. The SMILES string of the molecule is C[C@@H](C(=O)NC1CC1)N(C)Cc1ccc(N(C)C)cc1. The van der Waals surface area contributed by atoms with Crippen LogP contribution in [0.2, 0.25) is 0 Å². The molecule has 1 atom stereocenters. The third-order valence-corrected chi connectivity index (χ3v) is 3.85. The van der Waals surface area contributed by atoms with E-state index in [1.807, 2.05) is 28.1 Å². The largest absolute Gasteiger partial charge is 0.378 e. The van der Waals surface area contributed by atoms with Crippen LogP contribution >= 0.6 is 0 Å². The molecule has 1 aromatic rings. The van der Waals surface area contributed by atoms with E-state index in [-0.39, 0.29) is 11.9 Å². The monoisotopic (exact) mass is 275 g/mol. The summed E-state index contributed by atoms with van der Waals surface area (Å²) in [6.45, 7) is 2.75. The van der Waals surface area contributed by atoms with E-state index in [2.05, 4.69) is 39.4 Å². The fraction of sp³-hybridized carbons (Fsp3) is 0.562. The van der Waals surface area contributed by atoms with Crippen molar-refractivity contribution in [3.05, 3.63) is 29.8 Å². The van der Waals surface area contributed by atoms with Gasteiger partial charge in [-0.05, 0) is 44.5 Å². The molecule has 1 aliphatic rings. The summed E-state index contributed by atoms with van der Waals surface area (Å²) in [5.41, 5.74) is 2.42. The lowest BCUT2D eigenvalue weighted by Crippen LogP contribution is -2.43. The number of benzene rings is 1. The Labute approximate surface area is 121 Å². The van der Waals surface area contributed by atoms with Gasteiger partial charge < -0.3 is 10.2 Å². The molecular formula is C16H25N3O. The minimum Gasteiger partial charge on any atom is -0.378 e. The van der Waals surface area contributed by atoms with Gasteiger partial charge in [0.15, 0.2) is 0 Å². The number of nitrogens with one attached hydrogen (secondary N) is 1. The highest BCUT2D eigenvalue weighted by Crippen LogP contribution is 2.19. The fourth-order valence-corrected chi connectivity index (χ4v) is 2.07. The van der Waals surface area contributed by atoms with Crippen molar-refractivity contribution in [3.8, 4) is 0 Å². The Morgan fingerprint density at radius 1 is 1.25 bits per heavy atom. The number of anilines is 1. The molecule has 1 saturated carbocycles. The van der Waals surface area contributed by atoms with E-state index < -0.39 is 0 Å². The molecule has 0 unspecified atom stereocenters. The second-order valence-electron chi connectivity index (χ2n) is 5.93. The van der Waals surface area contributed by atoms with Gasteiger partial charge in [-0.2, -0.15) is 0 Å². The Bertz CT molecular complexity index is 451. The summed E-state index contributed by atoms with van der Waals surface area (Å²) >= 11 is 0. The molecule has 1 aliphatic carbocycles. The zero-order chi connectivity index (χ0) is 14.7. The van der Waals surface area contributed by atoms with E-state index in [0.717, 1.165) is 19.4 Å². The number of likely N-dealkylation sites (N-methyl/N-ethyl adjacent to an activating group) is 1. The summed E-state index contributed by atoms with van der Waals surface area (Å²) in [6, 6.07) is 8.80. The Balaban J connectivity index is 1.88. The highest BCUT2D eigenvalue weighted by Gasteiger charge is 2.27. The molecule has 1 N–H and O–H groups in total. The maximum atomic E-state index is 12.0. The maximum absolute atomic E-state index is 12.0. The molecule has 110 valence electrons. The number of amides is 1. The van der Waals surface area contributed by atoms with Crippen LogP contribution in [0.1, 0.15) is 25.3 Å². The van der Waals surface area contributed by atoms with Gasteiger partial charge in [-0.1, -0.05) is 12.1 Å². The van der Waals surface area contributed by atoms with Gasteiger partial charge in [-0.3, -0.25) is 9.69 Å². The fourth-order valence-electron chi connectivity index (χ4n) is 2.07. The number of nitrogens with zero attached hydrogens (tertiary/aromatic N) is 2. The van der Waals surface area contributed by atoms with Crippen molar-refractivity contribution < 1.29 is 4.79 Å². The number of hydrogen-bond acceptors (Lipinski definition) is 3. The minimum atomic E-state index is -0.0934. The van der Waals surface area contributed by atoms with Crippen molar-refractivity contribution in [2.24, 2.45) is 0 Å². The molecule has 1 amide bonds. The minimum absolute atomic E-state index is 0.0934. The molecule has 4 nitrogen and oxygen atoms in total. The number of hydrogen-bond donors (Lipinski definition) is 1. The second-order valence-corrected chi connectivity index (χ2v) is 5.93. The Morgan fingerprint density at radius 2 is 1.85 bits per heavy atom. The first kappa shape index (κ1) is 14.9. The van der Waals surface area contributed by atoms with Crippen LogP contribution in [0.5, 0.6) is 0 Å². The summed E-state index contributed by atoms with van der Waals surface area (Å²) in [4.78, 5) is 16.2. The lowest BCUT2D eigenvalue weighted by Gasteiger charge is -2.24. The second kappa shape index (κ2) is 6.27. The van der Waals surface area contributed by atoms with Crippen molar-refractivity contribution in [2.45, 2.75) is 38.4 Å². The van der Waals surface area contributed by atoms with Crippen LogP contribution in [0.25, 0.3) is 0 Å². The number of carbonyl (C=O) groups excluding carboxylic acids is 1. The van der Waals surface area contributed by atoms with Gasteiger partial charge in [0, 0.05) is 32.4 Å². The van der Waals surface area contributed by atoms with E-state index in [1.54, 1.807) is 0 Å². The maximum Gasteiger partial charge on any atom is 0.237 e. The molecule has 0 spiro atoms. The summed E-state index contributed by atoms with van der Waals surface area (Å²) in [5.74, 6) is 0.139. The highest BCUT2D eigenvalue weighted by atomic mass is 16.2. The molecule has 0 saturated heterocycles. The summed E-state index contributed by atoms with van der Waals surface area (Å²) < 4.78 is 0. The lowest BCUT2D eigenvalue weighted by atomic mass is 10.1. The summed E-state index contributed by atoms with van der Waals surface area (Å²) in [7, 11) is 6.06. The smallest absolute Gasteiger partial charge is 0.237 e. The van der Waals surface area contributed by atoms with Gasteiger partial charge in [0.1, 0.15) is 0 Å². The van der Waals surface area contributed by atoms with Crippen molar-refractivity contribution >= 4 is 11.6 Å². The van der Waals surface area contributed by atoms with Gasteiger partial charge in [0.25, 0.3) is 0 Å². The molecule has 20 heavy (non-hydrogen) atoms. The summed E-state index contributed by atoms with van der Waals surface area (Å²) in [6.07, 6.45) is 2.27. The van der Waals surface area contributed by atoms with Crippen molar-refractivity contribution in [2.75, 3.05) is 26.0 Å². The zero-order valence-electron chi connectivity index (χ0n) is 12.9.